The SMILES string of the molecule is C[C@@H](O)c1ccc(N(C)CC2CCCCC2)cc1Br. The Kier molecular flexibility index (Phi) is 5.28. The molecule has 1 aliphatic rings. The molecule has 0 saturated heterocycles. The molecule has 0 heterocycles. The van der Waals surface area contributed by atoms with Crippen LogP contribution in [-0.2, 0) is 0 Å². The van der Waals surface area contributed by atoms with Crippen molar-refractivity contribution in [2.75, 3.05) is 18.5 Å². The van der Waals surface area contributed by atoms with Crippen LogP contribution >= 0.6 is 15.9 Å². The molecule has 19 heavy (non-hydrogen) atoms. The standard InChI is InChI=1S/C16H24BrNO/c1-12(19)15-9-8-14(10-16(15)17)18(2)11-13-6-4-3-5-7-13/h8-10,12-13,19H,3-7,11H2,1-2H3/t12-/m1/s1. The Balaban J connectivity index is 2.02. The normalized spacial score (nSPS) is 18.3. The van der Waals surface area contributed by atoms with Crippen LogP contribution in [0.25, 0.3) is 0 Å². The van der Waals surface area contributed by atoms with E-state index in [1.807, 2.05) is 6.07 Å². The number of rotatable bonds is 4. The van der Waals surface area contributed by atoms with Crippen molar-refractivity contribution in [3.8, 4) is 0 Å². The molecular weight excluding hydrogens is 302 g/mol. The number of anilines is 1. The van der Waals surface area contributed by atoms with E-state index in [2.05, 4.69) is 40.0 Å². The third-order valence-corrected chi connectivity index (χ3v) is 4.82. The first-order valence-corrected chi connectivity index (χ1v) is 8.06. The van der Waals surface area contributed by atoms with Gasteiger partial charge in [-0.25, -0.2) is 0 Å². The van der Waals surface area contributed by atoms with Gasteiger partial charge in [-0.1, -0.05) is 41.3 Å². The Morgan fingerprint density at radius 3 is 2.58 bits per heavy atom. The summed E-state index contributed by atoms with van der Waals surface area (Å²) in [6.07, 6.45) is 6.52. The molecule has 1 N–H and O–H groups in total. The van der Waals surface area contributed by atoms with Crippen LogP contribution in [-0.4, -0.2) is 18.7 Å². The molecule has 0 bridgehead atoms. The number of nitrogens with zero attached hydrogens (tertiary/aromatic N) is 1. The lowest BCUT2D eigenvalue weighted by atomic mass is 9.89. The van der Waals surface area contributed by atoms with E-state index in [9.17, 15) is 5.11 Å². The zero-order valence-corrected chi connectivity index (χ0v) is 13.5. The van der Waals surface area contributed by atoms with Crippen molar-refractivity contribution in [2.45, 2.75) is 45.1 Å². The monoisotopic (exact) mass is 325 g/mol. The molecule has 3 heteroatoms. The number of benzene rings is 1. The summed E-state index contributed by atoms with van der Waals surface area (Å²) < 4.78 is 0.996. The topological polar surface area (TPSA) is 23.5 Å². The van der Waals surface area contributed by atoms with Crippen LogP contribution in [0.4, 0.5) is 5.69 Å². The van der Waals surface area contributed by atoms with Crippen molar-refractivity contribution in [1.29, 1.82) is 0 Å². The van der Waals surface area contributed by atoms with Crippen LogP contribution in [0, 0.1) is 5.92 Å². The van der Waals surface area contributed by atoms with E-state index in [0.717, 1.165) is 22.5 Å². The third kappa shape index (κ3) is 3.96. The molecule has 0 aliphatic heterocycles. The van der Waals surface area contributed by atoms with E-state index in [1.165, 1.54) is 37.8 Å². The fourth-order valence-electron chi connectivity index (χ4n) is 2.95. The van der Waals surface area contributed by atoms with Crippen molar-refractivity contribution in [3.05, 3.63) is 28.2 Å². The van der Waals surface area contributed by atoms with Gasteiger partial charge in [0, 0.05) is 23.8 Å². The highest BCUT2D eigenvalue weighted by molar-refractivity contribution is 9.10. The van der Waals surface area contributed by atoms with Crippen molar-refractivity contribution in [1.82, 2.24) is 0 Å². The first kappa shape index (κ1) is 14.9. The Morgan fingerprint density at radius 2 is 2.00 bits per heavy atom. The molecule has 0 amide bonds. The summed E-state index contributed by atoms with van der Waals surface area (Å²) in [6.45, 7) is 2.94. The molecule has 1 aromatic carbocycles. The highest BCUT2D eigenvalue weighted by Gasteiger charge is 2.16. The summed E-state index contributed by atoms with van der Waals surface area (Å²) in [5.74, 6) is 0.842. The number of halogens is 1. The fraction of sp³-hybridized carbons (Fsp3) is 0.625. The molecule has 1 atom stereocenters. The van der Waals surface area contributed by atoms with Gasteiger partial charge in [0.05, 0.1) is 6.10 Å². The molecule has 0 aromatic heterocycles. The summed E-state index contributed by atoms with van der Waals surface area (Å²) in [5.41, 5.74) is 2.18. The van der Waals surface area contributed by atoms with Crippen LogP contribution in [0.1, 0.15) is 50.7 Å². The van der Waals surface area contributed by atoms with Gasteiger partial charge in [0.1, 0.15) is 0 Å². The third-order valence-electron chi connectivity index (χ3n) is 4.13. The quantitative estimate of drug-likeness (QED) is 0.879. The van der Waals surface area contributed by atoms with Gasteiger partial charge in [-0.05, 0) is 43.4 Å². The second-order valence-corrected chi connectivity index (χ2v) is 6.62. The number of aliphatic hydroxyl groups excluding tert-OH is 1. The maximum absolute atomic E-state index is 9.65. The maximum atomic E-state index is 9.65. The van der Waals surface area contributed by atoms with Crippen LogP contribution in [0.3, 0.4) is 0 Å². The number of hydrogen-bond acceptors (Lipinski definition) is 2. The Hall–Kier alpha value is -0.540. The highest BCUT2D eigenvalue weighted by atomic mass is 79.9. The molecule has 0 unspecified atom stereocenters. The minimum atomic E-state index is -0.424. The molecule has 0 spiro atoms. The second-order valence-electron chi connectivity index (χ2n) is 5.77. The van der Waals surface area contributed by atoms with Gasteiger partial charge in [0.2, 0.25) is 0 Å². The van der Waals surface area contributed by atoms with Crippen LogP contribution in [0.2, 0.25) is 0 Å². The molecule has 0 radical (unpaired) electrons. The summed E-state index contributed by atoms with van der Waals surface area (Å²) >= 11 is 3.55. The van der Waals surface area contributed by atoms with E-state index in [0.29, 0.717) is 0 Å². The predicted octanol–water partition coefficient (Wildman–Crippen LogP) is 4.52. The molecule has 2 nitrogen and oxygen atoms in total. The van der Waals surface area contributed by atoms with Crippen molar-refractivity contribution in [2.24, 2.45) is 5.92 Å². The van der Waals surface area contributed by atoms with Gasteiger partial charge in [-0.2, -0.15) is 0 Å². The van der Waals surface area contributed by atoms with Gasteiger partial charge in [-0.3, -0.25) is 0 Å². The van der Waals surface area contributed by atoms with Gasteiger partial charge < -0.3 is 10.0 Å². The van der Waals surface area contributed by atoms with E-state index in [-0.39, 0.29) is 0 Å². The Labute approximate surface area is 124 Å². The smallest absolute Gasteiger partial charge is 0.0772 e. The molecule has 1 aromatic rings. The van der Waals surface area contributed by atoms with Crippen molar-refractivity contribution < 1.29 is 5.11 Å². The average Bonchev–Trinajstić information content (AvgIpc) is 2.39. The Morgan fingerprint density at radius 1 is 1.32 bits per heavy atom. The predicted molar refractivity (Wildman–Crippen MR) is 84.6 cm³/mol. The minimum absolute atomic E-state index is 0.424. The molecule has 2 rings (SSSR count). The van der Waals surface area contributed by atoms with E-state index in [1.54, 1.807) is 6.92 Å². The first-order chi connectivity index (χ1) is 9.08. The van der Waals surface area contributed by atoms with Crippen molar-refractivity contribution >= 4 is 21.6 Å². The summed E-state index contributed by atoms with van der Waals surface area (Å²) in [7, 11) is 2.17. The lowest BCUT2D eigenvalue weighted by Crippen LogP contribution is -2.26. The first-order valence-electron chi connectivity index (χ1n) is 7.26. The van der Waals surface area contributed by atoms with Crippen molar-refractivity contribution in [3.63, 3.8) is 0 Å². The number of hydrogen-bond donors (Lipinski definition) is 1. The largest absolute Gasteiger partial charge is 0.389 e. The molecule has 1 aliphatic carbocycles. The molecule has 1 saturated carbocycles. The minimum Gasteiger partial charge on any atom is -0.389 e. The van der Waals surface area contributed by atoms with Gasteiger partial charge >= 0.3 is 0 Å². The maximum Gasteiger partial charge on any atom is 0.0772 e. The zero-order valence-electron chi connectivity index (χ0n) is 11.9. The fourth-order valence-corrected chi connectivity index (χ4v) is 3.65. The molecule has 1 fully saturated rings. The molecular formula is C16H24BrNO. The van der Waals surface area contributed by atoms with E-state index >= 15 is 0 Å². The van der Waals surface area contributed by atoms with E-state index < -0.39 is 6.10 Å². The van der Waals surface area contributed by atoms with Crippen LogP contribution < -0.4 is 4.90 Å². The van der Waals surface area contributed by atoms with Gasteiger partial charge in [-0.15, -0.1) is 0 Å². The highest BCUT2D eigenvalue weighted by Crippen LogP contribution is 2.30. The second kappa shape index (κ2) is 6.76. The summed E-state index contributed by atoms with van der Waals surface area (Å²) in [5, 5.41) is 9.65. The summed E-state index contributed by atoms with van der Waals surface area (Å²) in [4.78, 5) is 2.34. The van der Waals surface area contributed by atoms with Gasteiger partial charge in [0.25, 0.3) is 0 Å². The Bertz CT molecular complexity index is 413. The number of aliphatic hydroxyl groups is 1. The summed E-state index contributed by atoms with van der Waals surface area (Å²) in [6, 6.07) is 6.24. The zero-order chi connectivity index (χ0) is 13.8. The van der Waals surface area contributed by atoms with E-state index in [4.69, 9.17) is 0 Å². The van der Waals surface area contributed by atoms with Crippen LogP contribution in [0.5, 0.6) is 0 Å². The average molecular weight is 326 g/mol. The lowest BCUT2D eigenvalue weighted by molar-refractivity contribution is 0.198. The van der Waals surface area contributed by atoms with Gasteiger partial charge in [0.15, 0.2) is 0 Å². The molecule has 106 valence electrons. The lowest BCUT2D eigenvalue weighted by Gasteiger charge is -2.28. The van der Waals surface area contributed by atoms with Crippen LogP contribution in [0.15, 0.2) is 22.7 Å².